The molecule has 116 valence electrons. The Hall–Kier alpha value is -2.28. The largest absolute Gasteiger partial charge is 0.371 e. The standard InChI is InChI=1S/C15H17FN4O2/c1-20-13(4-5-18-20)14-12(3-2-6-22-14)15(21)19-11-7-10(16)8-17-9-11/h4-5,7-9,12,14H,2-3,6H2,1H3,(H,19,21)/t12-,14-/m1/s1. The van der Waals surface area contributed by atoms with E-state index in [2.05, 4.69) is 15.4 Å². The molecule has 0 aliphatic carbocycles. The number of aromatic nitrogens is 3. The smallest absolute Gasteiger partial charge is 0.230 e. The van der Waals surface area contributed by atoms with Gasteiger partial charge in [-0.25, -0.2) is 4.39 Å². The van der Waals surface area contributed by atoms with Crippen LogP contribution in [0.15, 0.2) is 30.7 Å². The van der Waals surface area contributed by atoms with Gasteiger partial charge in [-0.05, 0) is 18.9 Å². The molecule has 22 heavy (non-hydrogen) atoms. The third kappa shape index (κ3) is 2.99. The van der Waals surface area contributed by atoms with E-state index < -0.39 is 5.82 Å². The Morgan fingerprint density at radius 1 is 1.50 bits per heavy atom. The van der Waals surface area contributed by atoms with Gasteiger partial charge < -0.3 is 10.1 Å². The number of carbonyl (C=O) groups excluding carboxylic acids is 1. The number of nitrogens with zero attached hydrogens (tertiary/aromatic N) is 3. The number of ether oxygens (including phenoxy) is 1. The van der Waals surface area contributed by atoms with E-state index in [0.29, 0.717) is 18.7 Å². The highest BCUT2D eigenvalue weighted by atomic mass is 19.1. The summed E-state index contributed by atoms with van der Waals surface area (Å²) in [4.78, 5) is 16.3. The Balaban J connectivity index is 1.78. The first kappa shape index (κ1) is 14.6. The van der Waals surface area contributed by atoms with Gasteiger partial charge >= 0.3 is 0 Å². The van der Waals surface area contributed by atoms with Crippen LogP contribution in [0.3, 0.4) is 0 Å². The topological polar surface area (TPSA) is 69.0 Å². The number of rotatable bonds is 3. The lowest BCUT2D eigenvalue weighted by Gasteiger charge is -2.30. The highest BCUT2D eigenvalue weighted by Gasteiger charge is 2.34. The van der Waals surface area contributed by atoms with E-state index in [9.17, 15) is 9.18 Å². The maximum absolute atomic E-state index is 13.2. The predicted octanol–water partition coefficient (Wildman–Crippen LogP) is 2.06. The first-order chi connectivity index (χ1) is 10.6. The molecule has 7 heteroatoms. The first-order valence-electron chi connectivity index (χ1n) is 7.16. The lowest BCUT2D eigenvalue weighted by Crippen LogP contribution is -2.34. The van der Waals surface area contributed by atoms with Gasteiger partial charge in [0.05, 0.1) is 29.7 Å². The summed E-state index contributed by atoms with van der Waals surface area (Å²) in [7, 11) is 1.82. The van der Waals surface area contributed by atoms with Gasteiger partial charge in [0.2, 0.25) is 5.91 Å². The van der Waals surface area contributed by atoms with Crippen molar-refractivity contribution in [2.24, 2.45) is 13.0 Å². The molecule has 1 saturated heterocycles. The van der Waals surface area contributed by atoms with Crippen LogP contribution < -0.4 is 5.32 Å². The number of aryl methyl sites for hydroxylation is 1. The van der Waals surface area contributed by atoms with Gasteiger partial charge in [0.15, 0.2) is 0 Å². The van der Waals surface area contributed by atoms with E-state index in [1.165, 1.54) is 12.3 Å². The second-order valence-electron chi connectivity index (χ2n) is 5.30. The molecule has 1 aliphatic rings. The van der Waals surface area contributed by atoms with Crippen molar-refractivity contribution in [2.75, 3.05) is 11.9 Å². The zero-order chi connectivity index (χ0) is 15.5. The molecule has 0 saturated carbocycles. The summed E-state index contributed by atoms with van der Waals surface area (Å²) in [5.41, 5.74) is 1.21. The van der Waals surface area contributed by atoms with Crippen LogP contribution in [0.4, 0.5) is 10.1 Å². The van der Waals surface area contributed by atoms with Gasteiger partial charge in [-0.15, -0.1) is 0 Å². The summed E-state index contributed by atoms with van der Waals surface area (Å²) < 4.78 is 20.7. The van der Waals surface area contributed by atoms with Crippen molar-refractivity contribution in [3.8, 4) is 0 Å². The molecule has 1 N–H and O–H groups in total. The molecule has 0 aromatic carbocycles. The molecule has 0 spiro atoms. The maximum Gasteiger partial charge on any atom is 0.230 e. The molecule has 1 aliphatic heterocycles. The average molecular weight is 304 g/mol. The molecular weight excluding hydrogens is 287 g/mol. The van der Waals surface area contributed by atoms with Crippen molar-refractivity contribution < 1.29 is 13.9 Å². The fraction of sp³-hybridized carbons (Fsp3) is 0.400. The molecule has 3 heterocycles. The predicted molar refractivity (Wildman–Crippen MR) is 77.4 cm³/mol. The van der Waals surface area contributed by atoms with Gasteiger partial charge in [0.25, 0.3) is 0 Å². The number of carbonyl (C=O) groups is 1. The number of hydrogen-bond donors (Lipinski definition) is 1. The normalized spacial score (nSPS) is 21.5. The highest BCUT2D eigenvalue weighted by Crippen LogP contribution is 2.34. The van der Waals surface area contributed by atoms with Gasteiger partial charge in [-0.1, -0.05) is 0 Å². The number of hydrogen-bond acceptors (Lipinski definition) is 4. The van der Waals surface area contributed by atoms with E-state index in [1.807, 2.05) is 13.1 Å². The lowest BCUT2D eigenvalue weighted by atomic mass is 9.91. The molecule has 2 aromatic rings. The van der Waals surface area contributed by atoms with Crippen LogP contribution in [0.25, 0.3) is 0 Å². The summed E-state index contributed by atoms with van der Waals surface area (Å²) in [5, 5.41) is 6.84. The average Bonchev–Trinajstić information content (AvgIpc) is 2.93. The second kappa shape index (κ2) is 6.23. The highest BCUT2D eigenvalue weighted by molar-refractivity contribution is 5.92. The number of amides is 1. The third-order valence-corrected chi connectivity index (χ3v) is 3.78. The summed E-state index contributed by atoms with van der Waals surface area (Å²) in [6.45, 7) is 0.612. The molecule has 1 fully saturated rings. The fourth-order valence-corrected chi connectivity index (χ4v) is 2.72. The summed E-state index contributed by atoms with van der Waals surface area (Å²) in [5.74, 6) is -1.02. The van der Waals surface area contributed by atoms with Crippen LogP contribution in [-0.2, 0) is 16.6 Å². The van der Waals surface area contributed by atoms with Crippen LogP contribution in [0.2, 0.25) is 0 Å². The lowest BCUT2D eigenvalue weighted by molar-refractivity contribution is -0.129. The summed E-state index contributed by atoms with van der Waals surface area (Å²) in [6.07, 6.45) is 5.38. The van der Waals surface area contributed by atoms with Crippen molar-refractivity contribution in [3.63, 3.8) is 0 Å². The van der Waals surface area contributed by atoms with E-state index >= 15 is 0 Å². The summed E-state index contributed by atoms with van der Waals surface area (Å²) >= 11 is 0. The zero-order valence-electron chi connectivity index (χ0n) is 12.2. The van der Waals surface area contributed by atoms with Gasteiger partial charge in [0.1, 0.15) is 11.9 Å². The van der Waals surface area contributed by atoms with Crippen LogP contribution in [0, 0.1) is 11.7 Å². The summed E-state index contributed by atoms with van der Waals surface area (Å²) in [6, 6.07) is 3.09. The number of nitrogens with one attached hydrogen (secondary N) is 1. The van der Waals surface area contributed by atoms with Gasteiger partial charge in [-0.3, -0.25) is 14.5 Å². The van der Waals surface area contributed by atoms with Crippen molar-refractivity contribution in [3.05, 3.63) is 42.2 Å². The number of pyridine rings is 1. The molecule has 3 rings (SSSR count). The quantitative estimate of drug-likeness (QED) is 0.942. The van der Waals surface area contributed by atoms with E-state index in [4.69, 9.17) is 4.74 Å². The van der Waals surface area contributed by atoms with Crippen LogP contribution >= 0.6 is 0 Å². The Morgan fingerprint density at radius 2 is 2.36 bits per heavy atom. The monoisotopic (exact) mass is 304 g/mol. The maximum atomic E-state index is 13.2. The second-order valence-corrected chi connectivity index (χ2v) is 5.30. The van der Waals surface area contributed by atoms with Gasteiger partial charge in [0, 0.05) is 25.9 Å². The minimum atomic E-state index is -0.485. The van der Waals surface area contributed by atoms with Gasteiger partial charge in [-0.2, -0.15) is 5.10 Å². The zero-order valence-corrected chi connectivity index (χ0v) is 12.2. The molecule has 0 bridgehead atoms. The minimum absolute atomic E-state index is 0.196. The third-order valence-electron chi connectivity index (χ3n) is 3.78. The van der Waals surface area contributed by atoms with E-state index in [-0.39, 0.29) is 17.9 Å². The van der Waals surface area contributed by atoms with Crippen LogP contribution in [-0.4, -0.2) is 27.3 Å². The Labute approximate surface area is 127 Å². The SMILES string of the molecule is Cn1nccc1[C@@H]1OCCC[C@H]1C(=O)Nc1cncc(F)c1. The Kier molecular flexibility index (Phi) is 4.15. The number of halogens is 1. The molecular formula is C15H17FN4O2. The first-order valence-corrected chi connectivity index (χ1v) is 7.16. The molecule has 6 nitrogen and oxygen atoms in total. The molecule has 2 aromatic heterocycles. The molecule has 2 atom stereocenters. The molecule has 0 unspecified atom stereocenters. The van der Waals surface area contributed by atoms with E-state index in [1.54, 1.807) is 10.9 Å². The van der Waals surface area contributed by atoms with Crippen molar-refractivity contribution >= 4 is 11.6 Å². The Bertz CT molecular complexity index is 673. The molecule has 0 radical (unpaired) electrons. The van der Waals surface area contributed by atoms with Crippen molar-refractivity contribution in [1.29, 1.82) is 0 Å². The molecule has 1 amide bonds. The van der Waals surface area contributed by atoms with Crippen LogP contribution in [0.5, 0.6) is 0 Å². The Morgan fingerprint density at radius 3 is 3.09 bits per heavy atom. The van der Waals surface area contributed by atoms with Crippen molar-refractivity contribution in [1.82, 2.24) is 14.8 Å². The van der Waals surface area contributed by atoms with Crippen molar-refractivity contribution in [2.45, 2.75) is 18.9 Å². The fourth-order valence-electron chi connectivity index (χ4n) is 2.72. The van der Waals surface area contributed by atoms with E-state index in [0.717, 1.165) is 18.3 Å². The number of anilines is 1. The van der Waals surface area contributed by atoms with Crippen LogP contribution in [0.1, 0.15) is 24.6 Å². The minimum Gasteiger partial charge on any atom is -0.371 e.